The highest BCUT2D eigenvalue weighted by molar-refractivity contribution is 5.95. The minimum atomic E-state index is -0.250. The second kappa shape index (κ2) is 7.05. The van der Waals surface area contributed by atoms with Crippen LogP contribution in [0.3, 0.4) is 0 Å². The van der Waals surface area contributed by atoms with Gasteiger partial charge in [-0.15, -0.1) is 0 Å². The van der Waals surface area contributed by atoms with Crippen LogP contribution < -0.4 is 10.1 Å². The van der Waals surface area contributed by atoms with Crippen molar-refractivity contribution in [1.29, 1.82) is 0 Å². The van der Waals surface area contributed by atoms with E-state index in [1.165, 1.54) is 0 Å². The van der Waals surface area contributed by atoms with Crippen LogP contribution in [0, 0.1) is 20.8 Å². The van der Waals surface area contributed by atoms with Gasteiger partial charge in [-0.3, -0.25) is 9.78 Å². The first kappa shape index (κ1) is 16.5. The third-order valence-electron chi connectivity index (χ3n) is 4.08. The molecular weight excluding hydrogens is 308 g/mol. The highest BCUT2D eigenvalue weighted by Gasteiger charge is 2.30. The van der Waals surface area contributed by atoms with Crippen molar-refractivity contribution < 1.29 is 18.7 Å². The number of carbonyl (C=O) groups excluding carboxylic acids is 1. The number of aryl methyl sites for hydroxylation is 3. The van der Waals surface area contributed by atoms with Crippen molar-refractivity contribution in [2.45, 2.75) is 39.3 Å². The van der Waals surface area contributed by atoms with E-state index in [0.29, 0.717) is 36.7 Å². The summed E-state index contributed by atoms with van der Waals surface area (Å²) in [5, 5.41) is 3.05. The van der Waals surface area contributed by atoms with Gasteiger partial charge in [0.25, 0.3) is 5.91 Å². The Morgan fingerprint density at radius 2 is 2.17 bits per heavy atom. The average Bonchev–Trinajstić information content (AvgIpc) is 2.90. The van der Waals surface area contributed by atoms with Crippen molar-refractivity contribution >= 4 is 5.91 Å². The first-order valence-corrected chi connectivity index (χ1v) is 8.08. The molecule has 1 aliphatic rings. The molecule has 128 valence electrons. The molecule has 0 radical (unpaired) electrons. The lowest BCUT2D eigenvalue weighted by molar-refractivity contribution is -0.0136. The normalized spacial score (nSPS) is 20.6. The van der Waals surface area contributed by atoms with Crippen molar-refractivity contribution in [2.75, 3.05) is 13.2 Å². The molecule has 24 heavy (non-hydrogen) atoms. The number of rotatable bonds is 4. The van der Waals surface area contributed by atoms with Crippen molar-refractivity contribution in [3.05, 3.63) is 47.2 Å². The molecule has 3 rings (SSSR count). The number of hydrogen-bond acceptors (Lipinski definition) is 5. The molecular formula is C18H22N2O4. The standard InChI is InChI=1S/C18H22N2O4/c1-11-4-5-14(9-19-11)24-17-10-22-7-6-16(17)20-18(21)15-8-12(2)23-13(15)3/h4-5,8-9,16-17H,6-7,10H2,1-3H3,(H,20,21)/t16-,17+/m1/s1. The van der Waals surface area contributed by atoms with Crippen molar-refractivity contribution in [3.63, 3.8) is 0 Å². The minimum Gasteiger partial charge on any atom is -0.484 e. The summed E-state index contributed by atoms with van der Waals surface area (Å²) in [6.07, 6.45) is 2.14. The number of aromatic nitrogens is 1. The van der Waals surface area contributed by atoms with E-state index in [4.69, 9.17) is 13.9 Å². The number of amides is 1. The molecule has 1 aliphatic heterocycles. The van der Waals surface area contributed by atoms with E-state index < -0.39 is 0 Å². The van der Waals surface area contributed by atoms with Gasteiger partial charge in [0.1, 0.15) is 23.4 Å². The molecule has 6 nitrogen and oxygen atoms in total. The number of ether oxygens (including phenoxy) is 2. The van der Waals surface area contributed by atoms with Crippen molar-refractivity contribution in [1.82, 2.24) is 10.3 Å². The summed E-state index contributed by atoms with van der Waals surface area (Å²) in [7, 11) is 0. The van der Waals surface area contributed by atoms with Gasteiger partial charge in [0.2, 0.25) is 0 Å². The Kier molecular flexibility index (Phi) is 4.85. The third-order valence-corrected chi connectivity index (χ3v) is 4.08. The number of pyridine rings is 1. The van der Waals surface area contributed by atoms with Crippen LogP contribution in [0.4, 0.5) is 0 Å². The molecule has 0 aromatic carbocycles. The maximum absolute atomic E-state index is 12.5. The van der Waals surface area contributed by atoms with Crippen LogP contribution in [0.1, 0.15) is 34.0 Å². The Morgan fingerprint density at radius 1 is 1.33 bits per heavy atom. The number of furan rings is 1. The Hall–Kier alpha value is -2.34. The molecule has 0 saturated carbocycles. The monoisotopic (exact) mass is 330 g/mol. The number of carbonyl (C=O) groups is 1. The van der Waals surface area contributed by atoms with Crippen LogP contribution in [-0.4, -0.2) is 36.3 Å². The van der Waals surface area contributed by atoms with E-state index in [9.17, 15) is 4.79 Å². The minimum absolute atomic E-state index is 0.123. The smallest absolute Gasteiger partial charge is 0.255 e. The van der Waals surface area contributed by atoms with Gasteiger partial charge < -0.3 is 19.2 Å². The van der Waals surface area contributed by atoms with Gasteiger partial charge in [0.05, 0.1) is 24.4 Å². The fourth-order valence-electron chi connectivity index (χ4n) is 2.79. The molecule has 2 aromatic rings. The number of nitrogens with one attached hydrogen (secondary N) is 1. The van der Waals surface area contributed by atoms with Gasteiger partial charge in [-0.25, -0.2) is 0 Å². The van der Waals surface area contributed by atoms with Crippen molar-refractivity contribution in [3.8, 4) is 5.75 Å². The topological polar surface area (TPSA) is 73.6 Å². The van der Waals surface area contributed by atoms with Gasteiger partial charge in [0.15, 0.2) is 0 Å². The molecule has 3 heterocycles. The predicted octanol–water partition coefficient (Wildman–Crippen LogP) is 2.57. The molecule has 0 aliphatic carbocycles. The molecule has 0 bridgehead atoms. The van der Waals surface area contributed by atoms with E-state index in [-0.39, 0.29) is 18.1 Å². The maximum Gasteiger partial charge on any atom is 0.255 e. The van der Waals surface area contributed by atoms with Gasteiger partial charge in [-0.2, -0.15) is 0 Å². The summed E-state index contributed by atoms with van der Waals surface area (Å²) in [6.45, 7) is 6.57. The Balaban J connectivity index is 1.69. The number of nitrogens with zero attached hydrogens (tertiary/aromatic N) is 1. The molecule has 1 amide bonds. The van der Waals surface area contributed by atoms with E-state index in [1.54, 1.807) is 19.2 Å². The second-order valence-electron chi connectivity index (χ2n) is 6.06. The highest BCUT2D eigenvalue weighted by Crippen LogP contribution is 2.19. The summed E-state index contributed by atoms with van der Waals surface area (Å²) in [4.78, 5) is 16.7. The van der Waals surface area contributed by atoms with Gasteiger partial charge in [0, 0.05) is 12.3 Å². The molecule has 2 aromatic heterocycles. The van der Waals surface area contributed by atoms with E-state index in [2.05, 4.69) is 10.3 Å². The van der Waals surface area contributed by atoms with Crippen LogP contribution >= 0.6 is 0 Å². The summed E-state index contributed by atoms with van der Waals surface area (Å²) >= 11 is 0. The van der Waals surface area contributed by atoms with Crippen LogP contribution in [0.15, 0.2) is 28.8 Å². The van der Waals surface area contributed by atoms with Gasteiger partial charge in [-0.05, 0) is 45.4 Å². The van der Waals surface area contributed by atoms with Gasteiger partial charge >= 0.3 is 0 Å². The molecule has 1 N–H and O–H groups in total. The summed E-state index contributed by atoms with van der Waals surface area (Å²) in [5.74, 6) is 1.87. The fourth-order valence-corrected chi connectivity index (χ4v) is 2.79. The molecule has 0 spiro atoms. The summed E-state index contributed by atoms with van der Waals surface area (Å²) in [6, 6.07) is 5.40. The third kappa shape index (κ3) is 3.76. The zero-order chi connectivity index (χ0) is 17.1. The SMILES string of the molecule is Cc1ccc(O[C@H]2COCC[C@H]2NC(=O)c2cc(C)oc2C)cn1. The van der Waals surface area contributed by atoms with Crippen LogP contribution in [0.25, 0.3) is 0 Å². The molecule has 2 atom stereocenters. The summed E-state index contributed by atoms with van der Waals surface area (Å²) < 4.78 is 16.9. The lowest BCUT2D eigenvalue weighted by atomic mass is 10.1. The summed E-state index contributed by atoms with van der Waals surface area (Å²) in [5.41, 5.74) is 1.49. The highest BCUT2D eigenvalue weighted by atomic mass is 16.5. The zero-order valence-corrected chi connectivity index (χ0v) is 14.2. The average molecular weight is 330 g/mol. The molecule has 1 fully saturated rings. The molecule has 6 heteroatoms. The van der Waals surface area contributed by atoms with Crippen LogP contribution in [0.5, 0.6) is 5.75 Å². The zero-order valence-electron chi connectivity index (χ0n) is 14.2. The molecule has 1 saturated heterocycles. The van der Waals surface area contributed by atoms with Crippen LogP contribution in [0.2, 0.25) is 0 Å². The Labute approximate surface area is 141 Å². The molecule has 0 unspecified atom stereocenters. The van der Waals surface area contributed by atoms with E-state index in [1.807, 2.05) is 26.0 Å². The Morgan fingerprint density at radius 3 is 2.83 bits per heavy atom. The fraction of sp³-hybridized carbons (Fsp3) is 0.444. The van der Waals surface area contributed by atoms with E-state index in [0.717, 1.165) is 11.5 Å². The largest absolute Gasteiger partial charge is 0.484 e. The Bertz CT molecular complexity index is 708. The van der Waals surface area contributed by atoms with E-state index >= 15 is 0 Å². The lowest BCUT2D eigenvalue weighted by Gasteiger charge is -2.32. The first-order valence-electron chi connectivity index (χ1n) is 8.08. The second-order valence-corrected chi connectivity index (χ2v) is 6.06. The first-order chi connectivity index (χ1) is 11.5. The quantitative estimate of drug-likeness (QED) is 0.932. The predicted molar refractivity (Wildman–Crippen MR) is 88.3 cm³/mol. The van der Waals surface area contributed by atoms with Crippen molar-refractivity contribution in [2.24, 2.45) is 0 Å². The number of hydrogen-bond donors (Lipinski definition) is 1. The van der Waals surface area contributed by atoms with Crippen LogP contribution in [-0.2, 0) is 4.74 Å². The van der Waals surface area contributed by atoms with Gasteiger partial charge in [-0.1, -0.05) is 0 Å². The maximum atomic E-state index is 12.5. The lowest BCUT2D eigenvalue weighted by Crippen LogP contribution is -2.51.